The molecule has 3 aliphatic rings. The topological polar surface area (TPSA) is 55.8 Å². The van der Waals surface area contributed by atoms with E-state index in [1.165, 1.54) is 0 Å². The first-order valence-electron chi connectivity index (χ1n) is 10.9. The number of ketones is 2. The normalized spacial score (nSPS) is 27.8. The fourth-order valence-corrected chi connectivity index (χ4v) is 5.72. The van der Waals surface area contributed by atoms with Gasteiger partial charge in [-0.3, -0.25) is 14.4 Å². The molecule has 0 amide bonds. The minimum Gasteiger partial charge on any atom is -0.381 e. The number of hydrogen-bond donors (Lipinski definition) is 0. The van der Waals surface area contributed by atoms with Gasteiger partial charge in [0, 0.05) is 25.3 Å². The number of carbonyl (C=O) groups excluding carboxylic acids is 2. The van der Waals surface area contributed by atoms with Crippen molar-refractivity contribution < 1.29 is 19.2 Å². The van der Waals surface area contributed by atoms with Crippen LogP contribution in [0.25, 0.3) is 11.1 Å². The Kier molecular flexibility index (Phi) is 5.25. The fraction of sp³-hybridized carbons (Fsp3) is 0.440. The Labute approximate surface area is 187 Å². The van der Waals surface area contributed by atoms with Crippen LogP contribution in [0.4, 0.5) is 0 Å². The summed E-state index contributed by atoms with van der Waals surface area (Å²) in [6, 6.07) is 13.7. The number of nitrogens with zero attached hydrogens (tertiary/aromatic N) is 1. The minimum absolute atomic E-state index is 0.00999. The molecule has 0 radical (unpaired) electrons. The number of rotatable bonds is 3. The molecule has 2 heterocycles. The molecule has 1 saturated carbocycles. The van der Waals surface area contributed by atoms with Crippen molar-refractivity contribution in [2.45, 2.75) is 43.7 Å². The van der Waals surface area contributed by atoms with Crippen LogP contribution in [0.2, 0.25) is 5.02 Å². The first-order chi connectivity index (χ1) is 15.0. The van der Waals surface area contributed by atoms with Crippen LogP contribution in [0, 0.1) is 5.92 Å². The number of ether oxygens (including phenoxy) is 1. The number of halogens is 1. The Morgan fingerprint density at radius 1 is 1.03 bits per heavy atom. The molecule has 2 aliphatic heterocycles. The van der Waals surface area contributed by atoms with E-state index < -0.39 is 23.5 Å². The number of hydroxylamine groups is 2. The number of carbonyl (C=O) groups is 2. The molecular weight excluding hydrogens is 414 g/mol. The smallest absolute Gasteiger partial charge is 0.179 e. The Hall–Kier alpha value is -2.05. The quantitative estimate of drug-likeness (QED) is 0.670. The summed E-state index contributed by atoms with van der Waals surface area (Å²) < 4.78 is 5.55. The maximum absolute atomic E-state index is 13.8. The van der Waals surface area contributed by atoms with Gasteiger partial charge in [0.05, 0.1) is 11.5 Å². The summed E-state index contributed by atoms with van der Waals surface area (Å²) in [5.74, 6) is -1.34. The molecule has 5 nitrogen and oxygen atoms in total. The van der Waals surface area contributed by atoms with E-state index in [1.54, 1.807) is 5.06 Å². The van der Waals surface area contributed by atoms with E-state index in [2.05, 4.69) is 6.92 Å². The van der Waals surface area contributed by atoms with Crippen molar-refractivity contribution in [2.75, 3.05) is 20.3 Å². The van der Waals surface area contributed by atoms with E-state index in [0.29, 0.717) is 31.1 Å². The van der Waals surface area contributed by atoms with Gasteiger partial charge in [0.2, 0.25) is 0 Å². The third-order valence-electron chi connectivity index (χ3n) is 7.31. The third kappa shape index (κ3) is 3.18. The molecule has 0 bridgehead atoms. The van der Waals surface area contributed by atoms with Crippen molar-refractivity contribution >= 4 is 23.2 Å². The molecular formula is C25H26ClNO4. The molecule has 3 fully saturated rings. The largest absolute Gasteiger partial charge is 0.381 e. The lowest BCUT2D eigenvalue weighted by Gasteiger charge is -2.40. The van der Waals surface area contributed by atoms with E-state index in [9.17, 15) is 9.59 Å². The molecule has 2 aromatic carbocycles. The fourth-order valence-electron chi connectivity index (χ4n) is 5.59. The van der Waals surface area contributed by atoms with E-state index in [-0.39, 0.29) is 11.6 Å². The zero-order chi connectivity index (χ0) is 21.8. The summed E-state index contributed by atoms with van der Waals surface area (Å²) in [4.78, 5) is 33.3. The van der Waals surface area contributed by atoms with Crippen molar-refractivity contribution in [3.8, 4) is 11.1 Å². The minimum atomic E-state index is -0.773. The van der Waals surface area contributed by atoms with E-state index >= 15 is 0 Å². The van der Waals surface area contributed by atoms with Crippen LogP contribution in [0.5, 0.6) is 0 Å². The summed E-state index contributed by atoms with van der Waals surface area (Å²) >= 11 is 6.04. The van der Waals surface area contributed by atoms with Crippen molar-refractivity contribution in [1.82, 2.24) is 5.06 Å². The lowest BCUT2D eigenvalue weighted by atomic mass is 9.75. The first-order valence-corrected chi connectivity index (χ1v) is 11.3. The third-order valence-corrected chi connectivity index (χ3v) is 7.56. The second-order valence-corrected chi connectivity index (χ2v) is 9.17. The molecule has 6 heteroatoms. The lowest BCUT2D eigenvalue weighted by Crippen LogP contribution is -2.52. The zero-order valence-corrected chi connectivity index (χ0v) is 18.5. The van der Waals surface area contributed by atoms with Gasteiger partial charge in [-0.05, 0) is 59.7 Å². The number of benzene rings is 2. The van der Waals surface area contributed by atoms with Crippen LogP contribution in [0.3, 0.4) is 0 Å². The average Bonchev–Trinajstić information content (AvgIpc) is 3.20. The summed E-state index contributed by atoms with van der Waals surface area (Å²) in [5, 5.41) is 2.44. The van der Waals surface area contributed by atoms with Crippen LogP contribution in [-0.2, 0) is 25.6 Å². The van der Waals surface area contributed by atoms with Gasteiger partial charge >= 0.3 is 0 Å². The van der Waals surface area contributed by atoms with E-state index in [4.69, 9.17) is 21.2 Å². The Morgan fingerprint density at radius 3 is 2.39 bits per heavy atom. The Balaban J connectivity index is 1.56. The number of hydrogen-bond acceptors (Lipinski definition) is 5. The lowest BCUT2D eigenvalue weighted by molar-refractivity contribution is -0.189. The van der Waals surface area contributed by atoms with Gasteiger partial charge in [-0.15, -0.1) is 0 Å². The van der Waals surface area contributed by atoms with Gasteiger partial charge in [0.1, 0.15) is 5.92 Å². The SMILES string of the molecule is CCc1ccc(-c2ccc(Cl)cc2)cc1C1C(=O)[C@@H]2[C@@H](ON(C)C23CCOCC3)C1=O. The van der Waals surface area contributed by atoms with Gasteiger partial charge in [0.15, 0.2) is 17.7 Å². The highest BCUT2D eigenvalue weighted by Gasteiger charge is 2.66. The molecule has 1 spiro atoms. The van der Waals surface area contributed by atoms with Crippen molar-refractivity contribution in [3.63, 3.8) is 0 Å². The molecule has 162 valence electrons. The first kappa shape index (κ1) is 20.8. The molecule has 1 unspecified atom stereocenters. The molecule has 2 aromatic rings. The molecule has 0 aromatic heterocycles. The number of Topliss-reactive ketones (excluding diaryl/α,β-unsaturated/α-hetero) is 2. The van der Waals surface area contributed by atoms with Gasteiger partial charge in [-0.2, -0.15) is 5.06 Å². The highest BCUT2D eigenvalue weighted by Crippen LogP contribution is 2.51. The predicted molar refractivity (Wildman–Crippen MR) is 118 cm³/mol. The zero-order valence-electron chi connectivity index (χ0n) is 17.8. The Morgan fingerprint density at radius 2 is 1.71 bits per heavy atom. The predicted octanol–water partition coefficient (Wildman–Crippen LogP) is 4.22. The van der Waals surface area contributed by atoms with Crippen LogP contribution in [0.1, 0.15) is 36.8 Å². The van der Waals surface area contributed by atoms with Crippen molar-refractivity contribution in [1.29, 1.82) is 0 Å². The van der Waals surface area contributed by atoms with Gasteiger partial charge in [0.25, 0.3) is 0 Å². The Bertz CT molecular complexity index is 1030. The van der Waals surface area contributed by atoms with Crippen LogP contribution in [0.15, 0.2) is 42.5 Å². The van der Waals surface area contributed by atoms with Crippen LogP contribution < -0.4 is 0 Å². The average molecular weight is 440 g/mol. The highest BCUT2D eigenvalue weighted by molar-refractivity contribution is 6.30. The highest BCUT2D eigenvalue weighted by atomic mass is 35.5. The number of fused-ring (bicyclic) bond motifs is 2. The monoisotopic (exact) mass is 439 g/mol. The standard InChI is InChI=1S/C25H26ClNO4/c1-3-15-4-5-17(16-6-8-18(26)9-7-16)14-19(15)20-22(28)21-24(23(20)29)31-27(2)25(21)10-12-30-13-11-25/h4-9,14,20-21,24H,3,10-13H2,1-2H3/t20?,21-,24-/m1/s1. The summed E-state index contributed by atoms with van der Waals surface area (Å²) in [6.07, 6.45) is 1.44. The number of aryl methyl sites for hydroxylation is 1. The van der Waals surface area contributed by atoms with E-state index in [0.717, 1.165) is 28.7 Å². The van der Waals surface area contributed by atoms with Crippen molar-refractivity contribution in [2.24, 2.45) is 5.92 Å². The molecule has 1 aliphatic carbocycles. The second-order valence-electron chi connectivity index (χ2n) is 8.73. The summed E-state index contributed by atoms with van der Waals surface area (Å²) in [7, 11) is 1.85. The second kappa shape index (κ2) is 7.82. The molecule has 2 saturated heterocycles. The summed E-state index contributed by atoms with van der Waals surface area (Å²) in [6.45, 7) is 3.21. The molecule has 0 N–H and O–H groups in total. The van der Waals surface area contributed by atoms with Gasteiger partial charge in [-0.25, -0.2) is 0 Å². The van der Waals surface area contributed by atoms with Crippen molar-refractivity contribution in [3.05, 3.63) is 58.6 Å². The van der Waals surface area contributed by atoms with Crippen LogP contribution >= 0.6 is 11.6 Å². The van der Waals surface area contributed by atoms with Crippen LogP contribution in [-0.4, -0.2) is 48.5 Å². The van der Waals surface area contributed by atoms with Gasteiger partial charge < -0.3 is 4.74 Å². The maximum Gasteiger partial charge on any atom is 0.179 e. The molecule has 31 heavy (non-hydrogen) atoms. The molecule has 3 atom stereocenters. The summed E-state index contributed by atoms with van der Waals surface area (Å²) in [5.41, 5.74) is 3.36. The van der Waals surface area contributed by atoms with Gasteiger partial charge in [-0.1, -0.05) is 42.8 Å². The molecule has 5 rings (SSSR count). The maximum atomic E-state index is 13.8. The van der Waals surface area contributed by atoms with E-state index in [1.807, 2.05) is 49.5 Å².